The smallest absolute Gasteiger partial charge is 0.254 e. The molecule has 1 fully saturated rings. The van der Waals surface area contributed by atoms with E-state index in [1.165, 1.54) is 12.8 Å². The van der Waals surface area contributed by atoms with Gasteiger partial charge in [0, 0.05) is 24.6 Å². The second kappa shape index (κ2) is 5.22. The zero-order valence-corrected chi connectivity index (χ0v) is 13.2. The van der Waals surface area contributed by atoms with E-state index in [9.17, 15) is 4.79 Å². The van der Waals surface area contributed by atoms with E-state index in [1.807, 2.05) is 25.1 Å². The van der Waals surface area contributed by atoms with Gasteiger partial charge in [-0.25, -0.2) is 4.98 Å². The summed E-state index contributed by atoms with van der Waals surface area (Å²) in [6.45, 7) is 2.34. The van der Waals surface area contributed by atoms with Crippen molar-refractivity contribution in [2.75, 3.05) is 7.05 Å². The summed E-state index contributed by atoms with van der Waals surface area (Å²) in [5.41, 5.74) is 3.17. The number of rotatable bonds is 4. The monoisotopic (exact) mass is 310 g/mol. The van der Waals surface area contributed by atoms with Gasteiger partial charge in [-0.1, -0.05) is 5.16 Å². The van der Waals surface area contributed by atoms with E-state index >= 15 is 0 Å². The fourth-order valence-electron chi connectivity index (χ4n) is 2.77. The maximum absolute atomic E-state index is 12.6. The van der Waals surface area contributed by atoms with Crippen LogP contribution in [0.3, 0.4) is 0 Å². The zero-order valence-electron chi connectivity index (χ0n) is 13.2. The molecule has 3 aromatic rings. The Bertz CT molecular complexity index is 876. The summed E-state index contributed by atoms with van der Waals surface area (Å²) in [5, 5.41) is 4.06. The van der Waals surface area contributed by atoms with Gasteiger partial charge in [-0.3, -0.25) is 4.79 Å². The quantitative estimate of drug-likeness (QED) is 0.804. The lowest BCUT2D eigenvalue weighted by Gasteiger charge is -2.15. The highest BCUT2D eigenvalue weighted by atomic mass is 16.5. The average Bonchev–Trinajstić information content (AvgIpc) is 3.16. The number of hydrogen-bond donors (Lipinski definition) is 1. The summed E-state index contributed by atoms with van der Waals surface area (Å²) in [4.78, 5) is 21.7. The number of carbonyl (C=O) groups is 1. The zero-order chi connectivity index (χ0) is 16.0. The van der Waals surface area contributed by atoms with Crippen molar-refractivity contribution in [1.29, 1.82) is 0 Å². The summed E-state index contributed by atoms with van der Waals surface area (Å²) in [6, 6.07) is 7.47. The van der Waals surface area contributed by atoms with E-state index in [4.69, 9.17) is 4.52 Å². The maximum atomic E-state index is 12.6. The van der Waals surface area contributed by atoms with Gasteiger partial charge in [-0.2, -0.15) is 0 Å². The molecule has 0 unspecified atom stereocenters. The number of fused-ring (bicyclic) bond motifs is 1. The second-order valence-electron chi connectivity index (χ2n) is 6.21. The van der Waals surface area contributed by atoms with Crippen LogP contribution < -0.4 is 0 Å². The molecule has 1 aromatic carbocycles. The van der Waals surface area contributed by atoms with Crippen LogP contribution in [-0.2, 0) is 6.54 Å². The highest BCUT2D eigenvalue weighted by molar-refractivity contribution is 5.97. The molecule has 0 spiro atoms. The van der Waals surface area contributed by atoms with Crippen LogP contribution in [0.15, 0.2) is 28.8 Å². The Morgan fingerprint density at radius 1 is 1.39 bits per heavy atom. The van der Waals surface area contributed by atoms with E-state index in [-0.39, 0.29) is 5.91 Å². The number of aromatic nitrogens is 3. The number of aryl methyl sites for hydroxylation is 1. The third kappa shape index (κ3) is 2.72. The van der Waals surface area contributed by atoms with Crippen molar-refractivity contribution in [3.05, 3.63) is 47.1 Å². The Kier molecular flexibility index (Phi) is 3.18. The van der Waals surface area contributed by atoms with E-state index < -0.39 is 0 Å². The largest absolute Gasteiger partial charge is 0.361 e. The third-order valence-electron chi connectivity index (χ3n) is 4.15. The van der Waals surface area contributed by atoms with Crippen molar-refractivity contribution in [3.63, 3.8) is 0 Å². The minimum absolute atomic E-state index is 0.0462. The Hall–Kier alpha value is -2.63. The third-order valence-corrected chi connectivity index (χ3v) is 4.15. The Morgan fingerprint density at radius 2 is 2.22 bits per heavy atom. The molecule has 118 valence electrons. The number of aromatic amines is 1. The lowest BCUT2D eigenvalue weighted by atomic mass is 10.1. The second-order valence-corrected chi connectivity index (χ2v) is 6.21. The molecule has 1 aliphatic rings. The highest BCUT2D eigenvalue weighted by Crippen LogP contribution is 2.40. The number of nitrogens with zero attached hydrogens (tertiary/aromatic N) is 3. The lowest BCUT2D eigenvalue weighted by Crippen LogP contribution is -2.26. The lowest BCUT2D eigenvalue weighted by molar-refractivity contribution is 0.0782. The van der Waals surface area contributed by atoms with Crippen LogP contribution in [0.5, 0.6) is 0 Å². The van der Waals surface area contributed by atoms with Crippen LogP contribution in [0, 0.1) is 6.92 Å². The normalized spacial score (nSPS) is 14.3. The van der Waals surface area contributed by atoms with Crippen LogP contribution in [0.25, 0.3) is 11.0 Å². The van der Waals surface area contributed by atoms with Gasteiger partial charge in [0.25, 0.3) is 5.91 Å². The van der Waals surface area contributed by atoms with Crippen molar-refractivity contribution in [3.8, 4) is 0 Å². The summed E-state index contributed by atoms with van der Waals surface area (Å²) in [7, 11) is 1.77. The van der Waals surface area contributed by atoms with Crippen molar-refractivity contribution < 1.29 is 9.32 Å². The van der Waals surface area contributed by atoms with Gasteiger partial charge >= 0.3 is 0 Å². The molecule has 1 N–H and O–H groups in total. The number of carbonyl (C=O) groups excluding carboxylic acids is 1. The van der Waals surface area contributed by atoms with Gasteiger partial charge in [0.2, 0.25) is 0 Å². The summed E-state index contributed by atoms with van der Waals surface area (Å²) >= 11 is 0. The van der Waals surface area contributed by atoms with Crippen LogP contribution in [0.1, 0.15) is 46.4 Å². The molecule has 1 saturated carbocycles. The summed E-state index contributed by atoms with van der Waals surface area (Å²) in [5.74, 6) is 2.27. The molecule has 0 radical (unpaired) electrons. The number of amides is 1. The Morgan fingerprint density at radius 3 is 3.00 bits per heavy atom. The van der Waals surface area contributed by atoms with Crippen molar-refractivity contribution in [2.45, 2.75) is 32.2 Å². The van der Waals surface area contributed by atoms with Crippen molar-refractivity contribution in [2.24, 2.45) is 0 Å². The summed E-state index contributed by atoms with van der Waals surface area (Å²) in [6.07, 6.45) is 2.35. The van der Waals surface area contributed by atoms with Crippen LogP contribution >= 0.6 is 0 Å². The molecule has 2 aromatic heterocycles. The first-order valence-electron chi connectivity index (χ1n) is 7.77. The highest BCUT2D eigenvalue weighted by Gasteiger charge is 2.28. The van der Waals surface area contributed by atoms with E-state index in [2.05, 4.69) is 15.1 Å². The summed E-state index contributed by atoms with van der Waals surface area (Å²) < 4.78 is 5.33. The first-order chi connectivity index (χ1) is 11.1. The van der Waals surface area contributed by atoms with Gasteiger partial charge in [0.1, 0.15) is 17.3 Å². The van der Waals surface area contributed by atoms with E-state index in [0.29, 0.717) is 18.0 Å². The van der Waals surface area contributed by atoms with Gasteiger partial charge in [-0.05, 0) is 38.0 Å². The molecule has 1 amide bonds. The number of benzene rings is 1. The fraction of sp³-hybridized carbons (Fsp3) is 0.353. The molecule has 2 heterocycles. The predicted octanol–water partition coefficient (Wildman–Crippen LogP) is 3.01. The molecule has 6 heteroatoms. The fourth-order valence-corrected chi connectivity index (χ4v) is 2.77. The molecule has 0 saturated heterocycles. The topological polar surface area (TPSA) is 75.0 Å². The molecule has 0 aliphatic heterocycles. The molecule has 0 atom stereocenters. The number of nitrogens with one attached hydrogen (secondary N) is 1. The predicted molar refractivity (Wildman–Crippen MR) is 85.1 cm³/mol. The van der Waals surface area contributed by atoms with Gasteiger partial charge in [0.05, 0.1) is 17.6 Å². The van der Waals surface area contributed by atoms with Crippen LogP contribution in [0.4, 0.5) is 0 Å². The average molecular weight is 310 g/mol. The number of hydrogen-bond acceptors (Lipinski definition) is 4. The molecule has 0 bridgehead atoms. The SMILES string of the molecule is Cc1nc2ccc(C(=O)N(C)Cc3cc(C4CC4)on3)cc2[nH]1. The van der Waals surface area contributed by atoms with E-state index in [1.54, 1.807) is 18.0 Å². The minimum Gasteiger partial charge on any atom is -0.361 e. The molecule has 6 nitrogen and oxygen atoms in total. The minimum atomic E-state index is -0.0462. The van der Waals surface area contributed by atoms with Gasteiger partial charge < -0.3 is 14.4 Å². The molecular formula is C17H18N4O2. The standard InChI is InChI=1S/C17H18N4O2/c1-10-18-14-6-5-12(7-15(14)19-10)17(22)21(2)9-13-8-16(23-20-13)11-3-4-11/h5-8,11H,3-4,9H2,1-2H3,(H,18,19). The van der Waals surface area contributed by atoms with Gasteiger partial charge in [-0.15, -0.1) is 0 Å². The molecule has 4 rings (SSSR count). The molecule has 23 heavy (non-hydrogen) atoms. The van der Waals surface area contributed by atoms with Crippen LogP contribution in [-0.4, -0.2) is 33.0 Å². The maximum Gasteiger partial charge on any atom is 0.254 e. The number of imidazole rings is 1. The first kappa shape index (κ1) is 14.0. The molecule has 1 aliphatic carbocycles. The van der Waals surface area contributed by atoms with Crippen molar-refractivity contribution >= 4 is 16.9 Å². The van der Waals surface area contributed by atoms with Crippen molar-refractivity contribution in [1.82, 2.24) is 20.0 Å². The Balaban J connectivity index is 1.51. The first-order valence-corrected chi connectivity index (χ1v) is 7.77. The number of H-pyrrole nitrogens is 1. The van der Waals surface area contributed by atoms with E-state index in [0.717, 1.165) is 28.3 Å². The Labute approximate surface area is 133 Å². The van der Waals surface area contributed by atoms with Gasteiger partial charge in [0.15, 0.2) is 0 Å². The molecular weight excluding hydrogens is 292 g/mol. The van der Waals surface area contributed by atoms with Crippen LogP contribution in [0.2, 0.25) is 0 Å².